The van der Waals surface area contributed by atoms with Gasteiger partial charge in [-0.2, -0.15) is 4.98 Å². The van der Waals surface area contributed by atoms with Crippen LogP contribution in [0, 0.1) is 0 Å². The zero-order chi connectivity index (χ0) is 21.8. The number of nitrogens with zero attached hydrogens (tertiary/aromatic N) is 5. The topological polar surface area (TPSA) is 106 Å². The number of hydrogen-bond donors (Lipinski definition) is 1. The van der Waals surface area contributed by atoms with Crippen molar-refractivity contribution in [2.24, 2.45) is 0 Å². The largest absolute Gasteiger partial charge is 0.488 e. The van der Waals surface area contributed by atoms with Crippen LogP contribution in [0.15, 0.2) is 77.7 Å². The summed E-state index contributed by atoms with van der Waals surface area (Å²) in [7, 11) is 0. The number of carbonyl (C=O) groups excluding carboxylic acids is 1. The Morgan fingerprint density at radius 1 is 1.09 bits per heavy atom. The molecule has 1 atom stereocenters. The van der Waals surface area contributed by atoms with E-state index in [1.54, 1.807) is 23.5 Å². The van der Waals surface area contributed by atoms with Gasteiger partial charge in [-0.05, 0) is 24.3 Å². The Morgan fingerprint density at radius 3 is 2.78 bits per heavy atom. The summed E-state index contributed by atoms with van der Waals surface area (Å²) in [6.07, 6.45) is 5.32. The van der Waals surface area contributed by atoms with E-state index in [1.165, 1.54) is 0 Å². The standard InChI is InChI=1S/C23H20N6O3/c30-23(26-16-6-2-1-3-7-16)29-13-10-17(15-29)31-20-9-5-4-8-18(20)22-27-21(28-32-22)19-14-24-11-12-25-19/h1-9,11-12,14,17H,10,13,15H2,(H,26,30). The summed E-state index contributed by atoms with van der Waals surface area (Å²) in [5.74, 6) is 1.31. The molecule has 5 rings (SSSR count). The molecular weight excluding hydrogens is 408 g/mol. The highest BCUT2D eigenvalue weighted by molar-refractivity contribution is 5.89. The molecule has 0 spiro atoms. The summed E-state index contributed by atoms with van der Waals surface area (Å²) in [5, 5.41) is 6.92. The lowest BCUT2D eigenvalue weighted by molar-refractivity contribution is 0.195. The van der Waals surface area contributed by atoms with Crippen molar-refractivity contribution >= 4 is 11.7 Å². The maximum atomic E-state index is 12.6. The minimum absolute atomic E-state index is 0.138. The summed E-state index contributed by atoms with van der Waals surface area (Å²) in [5.41, 5.74) is 1.97. The average molecular weight is 428 g/mol. The molecule has 1 unspecified atom stereocenters. The van der Waals surface area contributed by atoms with Gasteiger partial charge in [0.2, 0.25) is 5.82 Å². The van der Waals surface area contributed by atoms with Crippen molar-refractivity contribution < 1.29 is 14.1 Å². The van der Waals surface area contributed by atoms with Crippen LogP contribution >= 0.6 is 0 Å². The number of likely N-dealkylation sites (tertiary alicyclic amines) is 1. The van der Waals surface area contributed by atoms with Crippen LogP contribution in [0.5, 0.6) is 5.75 Å². The monoisotopic (exact) mass is 428 g/mol. The SMILES string of the molecule is O=C(Nc1ccccc1)N1CCC(Oc2ccccc2-c2nc(-c3cnccn3)no2)C1. The van der Waals surface area contributed by atoms with Gasteiger partial charge in [-0.15, -0.1) is 0 Å². The predicted octanol–water partition coefficient (Wildman–Crippen LogP) is 3.88. The number of ether oxygens (including phenoxy) is 1. The van der Waals surface area contributed by atoms with E-state index in [1.807, 2.05) is 54.6 Å². The van der Waals surface area contributed by atoms with Crippen molar-refractivity contribution in [3.63, 3.8) is 0 Å². The molecule has 32 heavy (non-hydrogen) atoms. The summed E-state index contributed by atoms with van der Waals surface area (Å²) in [6, 6.07) is 16.7. The Morgan fingerprint density at radius 2 is 1.94 bits per heavy atom. The molecular formula is C23H20N6O3. The number of hydrogen-bond acceptors (Lipinski definition) is 7. The fraction of sp³-hybridized carbons (Fsp3) is 0.174. The van der Waals surface area contributed by atoms with E-state index in [0.717, 1.165) is 12.1 Å². The van der Waals surface area contributed by atoms with Crippen molar-refractivity contribution in [3.05, 3.63) is 73.2 Å². The third-order valence-corrected chi connectivity index (χ3v) is 5.09. The Kier molecular flexibility index (Phi) is 5.44. The maximum Gasteiger partial charge on any atom is 0.321 e. The Labute approximate surface area is 184 Å². The molecule has 9 nitrogen and oxygen atoms in total. The van der Waals surface area contributed by atoms with Gasteiger partial charge >= 0.3 is 6.03 Å². The van der Waals surface area contributed by atoms with E-state index in [0.29, 0.717) is 41.8 Å². The molecule has 2 aromatic heterocycles. The van der Waals surface area contributed by atoms with Crippen molar-refractivity contribution in [3.8, 4) is 28.7 Å². The van der Waals surface area contributed by atoms with Crippen LogP contribution in [0.1, 0.15) is 6.42 Å². The van der Waals surface area contributed by atoms with E-state index < -0.39 is 0 Å². The zero-order valence-electron chi connectivity index (χ0n) is 17.1. The van der Waals surface area contributed by atoms with Gasteiger partial charge in [0.25, 0.3) is 5.89 Å². The molecule has 160 valence electrons. The third-order valence-electron chi connectivity index (χ3n) is 5.09. The number of carbonyl (C=O) groups is 1. The van der Waals surface area contributed by atoms with E-state index in [2.05, 4.69) is 25.4 Å². The molecule has 1 aliphatic rings. The molecule has 0 bridgehead atoms. The number of urea groups is 1. The molecule has 4 aromatic rings. The molecule has 3 heterocycles. The van der Waals surface area contributed by atoms with Gasteiger partial charge in [0.05, 0.1) is 18.3 Å². The number of amides is 2. The van der Waals surface area contributed by atoms with Crippen LogP contribution in [0.2, 0.25) is 0 Å². The van der Waals surface area contributed by atoms with Crippen molar-refractivity contribution in [2.45, 2.75) is 12.5 Å². The highest BCUT2D eigenvalue weighted by Crippen LogP contribution is 2.31. The number of aromatic nitrogens is 4. The predicted molar refractivity (Wildman–Crippen MR) is 117 cm³/mol. The quantitative estimate of drug-likeness (QED) is 0.514. The van der Waals surface area contributed by atoms with Crippen LogP contribution in [0.25, 0.3) is 23.0 Å². The molecule has 1 fully saturated rings. The van der Waals surface area contributed by atoms with Gasteiger partial charge in [-0.1, -0.05) is 35.5 Å². The molecule has 1 saturated heterocycles. The highest BCUT2D eigenvalue weighted by Gasteiger charge is 2.28. The van der Waals surface area contributed by atoms with Crippen LogP contribution in [-0.4, -0.2) is 50.2 Å². The lowest BCUT2D eigenvalue weighted by atomic mass is 10.2. The molecule has 2 amide bonds. The molecule has 0 saturated carbocycles. The Bertz CT molecular complexity index is 1200. The number of anilines is 1. The fourth-order valence-electron chi connectivity index (χ4n) is 3.51. The van der Waals surface area contributed by atoms with Gasteiger partial charge in [0, 0.05) is 31.0 Å². The number of para-hydroxylation sites is 2. The van der Waals surface area contributed by atoms with Gasteiger partial charge < -0.3 is 19.5 Å². The minimum Gasteiger partial charge on any atom is -0.488 e. The second-order valence-electron chi connectivity index (χ2n) is 7.28. The average Bonchev–Trinajstić information content (AvgIpc) is 3.51. The normalized spacial score (nSPS) is 15.5. The zero-order valence-corrected chi connectivity index (χ0v) is 17.1. The first-order valence-corrected chi connectivity index (χ1v) is 10.2. The van der Waals surface area contributed by atoms with Gasteiger partial charge in [-0.3, -0.25) is 4.98 Å². The van der Waals surface area contributed by atoms with E-state index in [9.17, 15) is 4.79 Å². The van der Waals surface area contributed by atoms with Crippen molar-refractivity contribution in [1.29, 1.82) is 0 Å². The van der Waals surface area contributed by atoms with Gasteiger partial charge in [0.15, 0.2) is 0 Å². The van der Waals surface area contributed by atoms with Crippen molar-refractivity contribution in [2.75, 3.05) is 18.4 Å². The summed E-state index contributed by atoms with van der Waals surface area (Å²) in [4.78, 5) is 27.0. The maximum absolute atomic E-state index is 12.6. The number of benzene rings is 2. The van der Waals surface area contributed by atoms with Crippen LogP contribution in [0.3, 0.4) is 0 Å². The minimum atomic E-state index is -0.139. The number of rotatable bonds is 5. The lowest BCUT2D eigenvalue weighted by Crippen LogP contribution is -2.34. The van der Waals surface area contributed by atoms with E-state index in [4.69, 9.17) is 9.26 Å². The van der Waals surface area contributed by atoms with E-state index in [-0.39, 0.29) is 12.1 Å². The van der Waals surface area contributed by atoms with Crippen LogP contribution in [0.4, 0.5) is 10.5 Å². The third kappa shape index (κ3) is 4.27. The smallest absolute Gasteiger partial charge is 0.321 e. The second kappa shape index (κ2) is 8.84. The summed E-state index contributed by atoms with van der Waals surface area (Å²) in [6.45, 7) is 1.10. The molecule has 0 aliphatic carbocycles. The molecule has 0 radical (unpaired) electrons. The first kappa shape index (κ1) is 19.7. The first-order chi connectivity index (χ1) is 15.8. The van der Waals surface area contributed by atoms with Crippen molar-refractivity contribution in [1.82, 2.24) is 25.0 Å². The van der Waals surface area contributed by atoms with Crippen LogP contribution < -0.4 is 10.1 Å². The molecule has 2 aromatic carbocycles. The number of nitrogens with one attached hydrogen (secondary N) is 1. The summed E-state index contributed by atoms with van der Waals surface area (Å²) >= 11 is 0. The molecule has 1 N–H and O–H groups in total. The fourth-order valence-corrected chi connectivity index (χ4v) is 3.51. The first-order valence-electron chi connectivity index (χ1n) is 10.2. The Balaban J connectivity index is 1.27. The molecule has 1 aliphatic heterocycles. The molecule has 9 heteroatoms. The van der Waals surface area contributed by atoms with E-state index >= 15 is 0 Å². The second-order valence-corrected chi connectivity index (χ2v) is 7.28. The van der Waals surface area contributed by atoms with Gasteiger partial charge in [0.1, 0.15) is 17.5 Å². The Hall–Kier alpha value is -4.27. The van der Waals surface area contributed by atoms with Gasteiger partial charge in [-0.25, -0.2) is 9.78 Å². The highest BCUT2D eigenvalue weighted by atomic mass is 16.5. The lowest BCUT2D eigenvalue weighted by Gasteiger charge is -2.18. The summed E-state index contributed by atoms with van der Waals surface area (Å²) < 4.78 is 11.7. The van der Waals surface area contributed by atoms with Crippen LogP contribution in [-0.2, 0) is 0 Å².